The van der Waals surface area contributed by atoms with Crippen LogP contribution in [0.5, 0.6) is 0 Å². The fourth-order valence-corrected chi connectivity index (χ4v) is 2.71. The number of carbonyl (C=O) groups excluding carboxylic acids is 2. The van der Waals surface area contributed by atoms with Crippen molar-refractivity contribution in [3.05, 3.63) is 59.7 Å². The van der Waals surface area contributed by atoms with Crippen molar-refractivity contribution in [2.75, 3.05) is 16.8 Å². The molecule has 1 aliphatic rings. The minimum absolute atomic E-state index is 0.0951. The summed E-state index contributed by atoms with van der Waals surface area (Å²) >= 11 is 0. The molecule has 6 nitrogen and oxygen atoms in total. The third-order valence-corrected chi connectivity index (χ3v) is 4.37. The summed E-state index contributed by atoms with van der Waals surface area (Å²) in [6.45, 7) is 1.94. The number of nitrogens with zero attached hydrogens (tertiary/aromatic N) is 2. The average molecular weight is 362 g/mol. The van der Waals surface area contributed by atoms with Crippen molar-refractivity contribution in [2.45, 2.75) is 32.2 Å². The van der Waals surface area contributed by atoms with E-state index in [2.05, 4.69) is 16.8 Å². The third kappa shape index (κ3) is 5.08. The standard InChI is InChI=1S/C21H22N4O2/c1-2-15-5-3-8-19(11-15)25(14-22)13-20(26)23-18-7-4-6-16(12-18)21(27)24-17-9-10-17/h3-8,11-12,17H,2,9-10,13H2,1H3,(H,23,26)(H,24,27). The maximum Gasteiger partial charge on any atom is 0.251 e. The van der Waals surface area contributed by atoms with Crippen LogP contribution >= 0.6 is 0 Å². The van der Waals surface area contributed by atoms with Crippen LogP contribution in [0.1, 0.15) is 35.7 Å². The smallest absolute Gasteiger partial charge is 0.251 e. The van der Waals surface area contributed by atoms with Crippen molar-refractivity contribution in [2.24, 2.45) is 0 Å². The lowest BCUT2D eigenvalue weighted by atomic mass is 10.1. The van der Waals surface area contributed by atoms with E-state index in [0.29, 0.717) is 16.9 Å². The second kappa shape index (κ2) is 8.37. The zero-order valence-electron chi connectivity index (χ0n) is 15.2. The Morgan fingerprint density at radius 2 is 1.96 bits per heavy atom. The summed E-state index contributed by atoms with van der Waals surface area (Å²) in [6.07, 6.45) is 4.95. The van der Waals surface area contributed by atoms with E-state index in [-0.39, 0.29) is 24.4 Å². The van der Waals surface area contributed by atoms with Crippen LogP contribution in [0.2, 0.25) is 0 Å². The highest BCUT2D eigenvalue weighted by molar-refractivity contribution is 5.98. The van der Waals surface area contributed by atoms with Gasteiger partial charge in [-0.25, -0.2) is 0 Å². The number of anilines is 2. The summed E-state index contributed by atoms with van der Waals surface area (Å²) in [5, 5.41) is 15.1. The van der Waals surface area contributed by atoms with Crippen LogP contribution in [0, 0.1) is 11.5 Å². The van der Waals surface area contributed by atoms with E-state index in [9.17, 15) is 14.9 Å². The fourth-order valence-electron chi connectivity index (χ4n) is 2.71. The van der Waals surface area contributed by atoms with Crippen molar-refractivity contribution < 1.29 is 9.59 Å². The molecular weight excluding hydrogens is 340 g/mol. The molecule has 1 saturated carbocycles. The Bertz CT molecular complexity index is 884. The van der Waals surface area contributed by atoms with Gasteiger partial charge in [-0.3, -0.25) is 14.5 Å². The molecule has 3 rings (SSSR count). The van der Waals surface area contributed by atoms with E-state index < -0.39 is 0 Å². The molecule has 1 fully saturated rings. The first-order valence-corrected chi connectivity index (χ1v) is 9.06. The molecule has 2 aromatic rings. The highest BCUT2D eigenvalue weighted by Gasteiger charge is 2.23. The lowest BCUT2D eigenvalue weighted by Gasteiger charge is -2.16. The Balaban J connectivity index is 1.64. The van der Waals surface area contributed by atoms with Gasteiger partial charge in [0.05, 0.1) is 5.69 Å². The van der Waals surface area contributed by atoms with Gasteiger partial charge >= 0.3 is 0 Å². The Morgan fingerprint density at radius 3 is 2.67 bits per heavy atom. The van der Waals surface area contributed by atoms with E-state index >= 15 is 0 Å². The van der Waals surface area contributed by atoms with Gasteiger partial charge in [0.25, 0.3) is 5.91 Å². The summed E-state index contributed by atoms with van der Waals surface area (Å²) in [5.74, 6) is -0.457. The number of hydrogen-bond donors (Lipinski definition) is 2. The predicted molar refractivity (Wildman–Crippen MR) is 104 cm³/mol. The topological polar surface area (TPSA) is 85.2 Å². The molecule has 0 aromatic heterocycles. The molecular formula is C21H22N4O2. The number of nitrogens with one attached hydrogen (secondary N) is 2. The first-order chi connectivity index (χ1) is 13.1. The van der Waals surface area contributed by atoms with Crippen LogP contribution in [-0.4, -0.2) is 24.4 Å². The van der Waals surface area contributed by atoms with Crippen LogP contribution in [-0.2, 0) is 11.2 Å². The van der Waals surface area contributed by atoms with Gasteiger partial charge in [-0.2, -0.15) is 5.26 Å². The minimum Gasteiger partial charge on any atom is -0.349 e. The van der Waals surface area contributed by atoms with E-state index in [4.69, 9.17) is 0 Å². The summed E-state index contributed by atoms with van der Waals surface area (Å²) in [5.41, 5.74) is 2.82. The van der Waals surface area contributed by atoms with Crippen LogP contribution in [0.25, 0.3) is 0 Å². The molecule has 0 saturated heterocycles. The molecule has 0 heterocycles. The monoisotopic (exact) mass is 362 g/mol. The molecule has 6 heteroatoms. The predicted octanol–water partition coefficient (Wildman–Crippen LogP) is 3.07. The number of rotatable bonds is 7. The zero-order chi connectivity index (χ0) is 19.2. The SMILES string of the molecule is CCc1cccc(N(C#N)CC(=O)Nc2cccc(C(=O)NC3CC3)c2)c1. The summed E-state index contributed by atoms with van der Waals surface area (Å²) in [6, 6.07) is 14.6. The number of nitriles is 1. The van der Waals surface area contributed by atoms with Gasteiger partial charge in [-0.1, -0.05) is 25.1 Å². The van der Waals surface area contributed by atoms with E-state index in [1.807, 2.05) is 25.1 Å². The van der Waals surface area contributed by atoms with Crippen molar-refractivity contribution in [1.29, 1.82) is 5.26 Å². The highest BCUT2D eigenvalue weighted by atomic mass is 16.2. The molecule has 2 aromatic carbocycles. The summed E-state index contributed by atoms with van der Waals surface area (Å²) in [7, 11) is 0. The molecule has 0 bridgehead atoms. The Hall–Kier alpha value is -3.33. The first kappa shape index (κ1) is 18.5. The zero-order valence-corrected chi connectivity index (χ0v) is 15.2. The Kier molecular flexibility index (Phi) is 5.72. The Labute approximate surface area is 158 Å². The number of hydrogen-bond acceptors (Lipinski definition) is 4. The van der Waals surface area contributed by atoms with Gasteiger partial charge < -0.3 is 10.6 Å². The molecule has 1 aliphatic carbocycles. The molecule has 2 N–H and O–H groups in total. The van der Waals surface area contributed by atoms with Crippen molar-refractivity contribution in [3.63, 3.8) is 0 Å². The first-order valence-electron chi connectivity index (χ1n) is 9.06. The molecule has 0 spiro atoms. The second-order valence-corrected chi connectivity index (χ2v) is 6.59. The summed E-state index contributed by atoms with van der Waals surface area (Å²) < 4.78 is 0. The third-order valence-electron chi connectivity index (χ3n) is 4.37. The van der Waals surface area contributed by atoms with E-state index in [1.54, 1.807) is 30.3 Å². The second-order valence-electron chi connectivity index (χ2n) is 6.59. The van der Waals surface area contributed by atoms with E-state index in [0.717, 1.165) is 24.8 Å². The number of benzene rings is 2. The Morgan fingerprint density at radius 1 is 1.19 bits per heavy atom. The maximum absolute atomic E-state index is 12.4. The number of aryl methyl sites for hydroxylation is 1. The molecule has 0 aliphatic heterocycles. The largest absolute Gasteiger partial charge is 0.349 e. The van der Waals surface area contributed by atoms with Crippen LogP contribution in [0.3, 0.4) is 0 Å². The molecule has 0 radical (unpaired) electrons. The summed E-state index contributed by atoms with van der Waals surface area (Å²) in [4.78, 5) is 25.8. The normalized spacial score (nSPS) is 12.7. The van der Waals surface area contributed by atoms with Gasteiger partial charge in [0.1, 0.15) is 6.54 Å². The van der Waals surface area contributed by atoms with Gasteiger partial charge in [0, 0.05) is 17.3 Å². The van der Waals surface area contributed by atoms with Gasteiger partial charge in [0.15, 0.2) is 6.19 Å². The van der Waals surface area contributed by atoms with Crippen molar-refractivity contribution in [1.82, 2.24) is 5.32 Å². The molecule has 0 unspecified atom stereocenters. The lowest BCUT2D eigenvalue weighted by molar-refractivity contribution is -0.114. The molecule has 2 amide bonds. The minimum atomic E-state index is -0.321. The van der Waals surface area contributed by atoms with Gasteiger partial charge in [0.2, 0.25) is 5.91 Å². The van der Waals surface area contributed by atoms with Crippen molar-refractivity contribution >= 4 is 23.2 Å². The van der Waals surface area contributed by atoms with Crippen molar-refractivity contribution in [3.8, 4) is 6.19 Å². The number of amides is 2. The van der Waals surface area contributed by atoms with Crippen LogP contribution < -0.4 is 15.5 Å². The maximum atomic E-state index is 12.4. The van der Waals surface area contributed by atoms with E-state index in [1.165, 1.54) is 4.90 Å². The highest BCUT2D eigenvalue weighted by Crippen LogP contribution is 2.20. The number of carbonyl (C=O) groups is 2. The molecule has 27 heavy (non-hydrogen) atoms. The average Bonchev–Trinajstić information content (AvgIpc) is 3.50. The lowest BCUT2D eigenvalue weighted by Crippen LogP contribution is -2.30. The molecule has 0 atom stereocenters. The fraction of sp³-hybridized carbons (Fsp3) is 0.286. The van der Waals surface area contributed by atoms with Crippen LogP contribution in [0.15, 0.2) is 48.5 Å². The molecule has 138 valence electrons. The van der Waals surface area contributed by atoms with Gasteiger partial charge in [-0.05, 0) is 55.2 Å². The van der Waals surface area contributed by atoms with Gasteiger partial charge in [-0.15, -0.1) is 0 Å². The quantitative estimate of drug-likeness (QED) is 0.585. The van der Waals surface area contributed by atoms with Crippen LogP contribution in [0.4, 0.5) is 11.4 Å².